The summed E-state index contributed by atoms with van der Waals surface area (Å²) in [6, 6.07) is 9.37. The first-order chi connectivity index (χ1) is 14.8. The van der Waals surface area contributed by atoms with E-state index >= 15 is 0 Å². The lowest BCUT2D eigenvalue weighted by molar-refractivity contribution is 0.0951. The van der Waals surface area contributed by atoms with Crippen molar-refractivity contribution in [1.29, 1.82) is 0 Å². The number of carbonyl (C=O) groups is 1. The Hall–Kier alpha value is -2.23. The summed E-state index contributed by atoms with van der Waals surface area (Å²) in [7, 11) is 3.96. The fourth-order valence-electron chi connectivity index (χ4n) is 2.92. The number of hydrogen-bond acceptors (Lipinski definition) is 7. The van der Waals surface area contributed by atoms with E-state index in [4.69, 9.17) is 5.73 Å². The molecule has 1 aromatic carbocycles. The zero-order valence-corrected chi connectivity index (χ0v) is 20.4. The van der Waals surface area contributed by atoms with Crippen LogP contribution in [0.4, 0.5) is 11.8 Å². The number of anilines is 2. The fourth-order valence-corrected chi connectivity index (χ4v) is 3.18. The number of hydrogen-bond donors (Lipinski definition) is 3. The van der Waals surface area contributed by atoms with E-state index in [-0.39, 0.29) is 5.91 Å². The summed E-state index contributed by atoms with van der Waals surface area (Å²) in [6.45, 7) is 9.71. The summed E-state index contributed by atoms with van der Waals surface area (Å²) in [4.78, 5) is 24.4. The number of benzene rings is 1. The SMILES string of the molecule is CC(C)c1cc(N2CCNCC2)nc(N)n1.CN(C)CCNC(=O)c1ccc(Br)cc1. The molecule has 1 aliphatic rings. The van der Waals surface area contributed by atoms with Gasteiger partial charge in [0.15, 0.2) is 0 Å². The van der Waals surface area contributed by atoms with Gasteiger partial charge < -0.3 is 26.2 Å². The summed E-state index contributed by atoms with van der Waals surface area (Å²) in [5, 5.41) is 6.17. The average Bonchev–Trinajstić information content (AvgIpc) is 2.74. The van der Waals surface area contributed by atoms with Gasteiger partial charge in [0.05, 0.1) is 5.69 Å². The van der Waals surface area contributed by atoms with Crippen molar-refractivity contribution in [3.63, 3.8) is 0 Å². The van der Waals surface area contributed by atoms with Crippen molar-refractivity contribution in [3.05, 3.63) is 46.1 Å². The molecule has 0 unspecified atom stereocenters. The van der Waals surface area contributed by atoms with Crippen LogP contribution in [0.2, 0.25) is 0 Å². The van der Waals surface area contributed by atoms with E-state index in [2.05, 4.69) is 55.3 Å². The highest BCUT2D eigenvalue weighted by molar-refractivity contribution is 9.10. The first kappa shape index (κ1) is 25.0. The topological polar surface area (TPSA) is 99.4 Å². The Balaban J connectivity index is 0.000000221. The van der Waals surface area contributed by atoms with Gasteiger partial charge >= 0.3 is 0 Å². The molecule has 0 atom stereocenters. The maximum absolute atomic E-state index is 11.6. The van der Waals surface area contributed by atoms with Crippen LogP contribution < -0.4 is 21.3 Å². The second-order valence-corrected chi connectivity index (χ2v) is 8.88. The van der Waals surface area contributed by atoms with Crippen molar-refractivity contribution in [3.8, 4) is 0 Å². The lowest BCUT2D eigenvalue weighted by Crippen LogP contribution is -2.44. The van der Waals surface area contributed by atoms with Gasteiger partial charge in [-0.3, -0.25) is 4.79 Å². The lowest BCUT2D eigenvalue weighted by Gasteiger charge is -2.28. The van der Waals surface area contributed by atoms with Crippen LogP contribution in [0.3, 0.4) is 0 Å². The molecule has 1 saturated heterocycles. The molecular formula is C22H34BrN7O. The van der Waals surface area contributed by atoms with Crippen LogP contribution >= 0.6 is 15.9 Å². The van der Waals surface area contributed by atoms with Crippen molar-refractivity contribution in [2.75, 3.05) is 64.0 Å². The molecule has 2 heterocycles. The zero-order chi connectivity index (χ0) is 22.8. The normalized spacial score (nSPS) is 13.7. The highest BCUT2D eigenvalue weighted by atomic mass is 79.9. The predicted octanol–water partition coefficient (Wildman–Crippen LogP) is 2.33. The van der Waals surface area contributed by atoms with Crippen molar-refractivity contribution < 1.29 is 4.79 Å². The number of amides is 1. The molecule has 4 N–H and O–H groups in total. The quantitative estimate of drug-likeness (QED) is 0.569. The van der Waals surface area contributed by atoms with Gasteiger partial charge in [0.1, 0.15) is 5.82 Å². The largest absolute Gasteiger partial charge is 0.368 e. The molecule has 1 aromatic heterocycles. The monoisotopic (exact) mass is 491 g/mol. The van der Waals surface area contributed by atoms with E-state index in [0.717, 1.165) is 48.7 Å². The van der Waals surface area contributed by atoms with Crippen molar-refractivity contribution in [1.82, 2.24) is 25.5 Å². The third-order valence-electron chi connectivity index (χ3n) is 4.73. The number of rotatable bonds is 6. The van der Waals surface area contributed by atoms with Gasteiger partial charge in [-0.25, -0.2) is 4.98 Å². The molecule has 0 spiro atoms. The molecule has 1 fully saturated rings. The number of nitrogen functional groups attached to an aromatic ring is 1. The molecule has 3 rings (SSSR count). The van der Waals surface area contributed by atoms with Crippen molar-refractivity contribution >= 4 is 33.6 Å². The van der Waals surface area contributed by atoms with Crippen LogP contribution in [0.1, 0.15) is 35.8 Å². The lowest BCUT2D eigenvalue weighted by atomic mass is 10.1. The van der Waals surface area contributed by atoms with E-state index in [0.29, 0.717) is 24.0 Å². The van der Waals surface area contributed by atoms with E-state index in [1.165, 1.54) is 0 Å². The number of nitrogens with zero attached hydrogens (tertiary/aromatic N) is 4. The molecule has 1 amide bonds. The van der Waals surface area contributed by atoms with Crippen LogP contribution in [0.5, 0.6) is 0 Å². The molecule has 0 bridgehead atoms. The van der Waals surface area contributed by atoms with E-state index in [1.807, 2.05) is 37.2 Å². The van der Waals surface area contributed by atoms with E-state index in [1.54, 1.807) is 12.1 Å². The molecule has 9 heteroatoms. The van der Waals surface area contributed by atoms with E-state index in [9.17, 15) is 4.79 Å². The summed E-state index contributed by atoms with van der Waals surface area (Å²) in [5.41, 5.74) is 7.45. The Labute approximate surface area is 193 Å². The number of nitrogens with one attached hydrogen (secondary N) is 2. The molecule has 2 aromatic rings. The van der Waals surface area contributed by atoms with Gasteiger partial charge in [-0.15, -0.1) is 0 Å². The summed E-state index contributed by atoms with van der Waals surface area (Å²) in [6.07, 6.45) is 0. The number of nitrogens with two attached hydrogens (primary N) is 1. The fraction of sp³-hybridized carbons (Fsp3) is 0.500. The summed E-state index contributed by atoms with van der Waals surface area (Å²) in [5.74, 6) is 1.69. The minimum absolute atomic E-state index is 0.0237. The van der Waals surface area contributed by atoms with Gasteiger partial charge in [0.25, 0.3) is 5.91 Å². The first-order valence-electron chi connectivity index (χ1n) is 10.5. The van der Waals surface area contributed by atoms with E-state index < -0.39 is 0 Å². The average molecular weight is 492 g/mol. The number of halogens is 1. The predicted molar refractivity (Wildman–Crippen MR) is 131 cm³/mol. The third-order valence-corrected chi connectivity index (χ3v) is 5.26. The molecule has 0 aliphatic carbocycles. The second-order valence-electron chi connectivity index (χ2n) is 7.97. The van der Waals surface area contributed by atoms with Crippen molar-refractivity contribution in [2.24, 2.45) is 0 Å². The minimum Gasteiger partial charge on any atom is -0.368 e. The number of aromatic nitrogens is 2. The third kappa shape index (κ3) is 8.80. The molecule has 31 heavy (non-hydrogen) atoms. The smallest absolute Gasteiger partial charge is 0.251 e. The van der Waals surface area contributed by atoms with Gasteiger partial charge in [-0.1, -0.05) is 29.8 Å². The Morgan fingerprint density at radius 2 is 1.87 bits per heavy atom. The highest BCUT2D eigenvalue weighted by Crippen LogP contribution is 2.19. The van der Waals surface area contributed by atoms with Gasteiger partial charge in [-0.05, 0) is 44.3 Å². The van der Waals surface area contributed by atoms with Crippen molar-refractivity contribution in [2.45, 2.75) is 19.8 Å². The standard InChI is InChI=1S/C11H15BrN2O.C11H19N5/c1-14(2)8-7-13-11(15)9-3-5-10(12)6-4-9;1-8(2)9-7-10(15-11(12)14-9)16-5-3-13-4-6-16/h3-6H,7-8H2,1-2H3,(H,13,15);7-8,13H,3-6H2,1-2H3,(H2,12,14,15). The molecule has 170 valence electrons. The molecule has 0 radical (unpaired) electrons. The van der Waals surface area contributed by atoms with Gasteiger partial charge in [0.2, 0.25) is 5.95 Å². The molecule has 0 saturated carbocycles. The van der Waals surface area contributed by atoms with Crippen LogP contribution in [0.15, 0.2) is 34.8 Å². The Morgan fingerprint density at radius 1 is 1.23 bits per heavy atom. The van der Waals surface area contributed by atoms with Gasteiger partial charge in [0, 0.05) is 55.4 Å². The Morgan fingerprint density at radius 3 is 2.45 bits per heavy atom. The molecule has 8 nitrogen and oxygen atoms in total. The first-order valence-corrected chi connectivity index (χ1v) is 11.3. The maximum Gasteiger partial charge on any atom is 0.251 e. The van der Waals surface area contributed by atoms with Gasteiger partial charge in [-0.2, -0.15) is 4.98 Å². The maximum atomic E-state index is 11.6. The molecule has 1 aliphatic heterocycles. The number of piperazine rings is 1. The highest BCUT2D eigenvalue weighted by Gasteiger charge is 2.14. The summed E-state index contributed by atoms with van der Waals surface area (Å²) < 4.78 is 0.979. The number of likely N-dealkylation sites (N-methyl/N-ethyl adjacent to an activating group) is 1. The Bertz CT molecular complexity index is 821. The zero-order valence-electron chi connectivity index (χ0n) is 18.9. The van der Waals surface area contributed by atoms with Crippen LogP contribution in [-0.4, -0.2) is 74.1 Å². The second kappa shape index (κ2) is 12.6. The van der Waals surface area contributed by atoms with Crippen LogP contribution in [0, 0.1) is 0 Å². The van der Waals surface area contributed by atoms with Crippen LogP contribution in [-0.2, 0) is 0 Å². The summed E-state index contributed by atoms with van der Waals surface area (Å²) >= 11 is 3.33. The number of carbonyl (C=O) groups excluding carboxylic acids is 1. The minimum atomic E-state index is -0.0237. The Kier molecular flexibility index (Phi) is 10.2. The van der Waals surface area contributed by atoms with Crippen LogP contribution in [0.25, 0.3) is 0 Å². The molecular weight excluding hydrogens is 458 g/mol.